The van der Waals surface area contributed by atoms with Gasteiger partial charge in [0.2, 0.25) is 5.96 Å². The highest BCUT2D eigenvalue weighted by Crippen LogP contribution is 2.15. The largest absolute Gasteiger partial charge is 0.367 e. The summed E-state index contributed by atoms with van der Waals surface area (Å²) < 4.78 is 13.4. The zero-order valence-electron chi connectivity index (χ0n) is 7.48. The van der Waals surface area contributed by atoms with Gasteiger partial charge in [0.15, 0.2) is 0 Å². The van der Waals surface area contributed by atoms with Crippen molar-refractivity contribution in [2.24, 2.45) is 15.9 Å². The highest BCUT2D eigenvalue weighted by molar-refractivity contribution is 9.10. The van der Waals surface area contributed by atoms with Crippen LogP contribution in [0.2, 0.25) is 0 Å². The Labute approximate surface area is 93.6 Å². The number of nitrogens with one attached hydrogen (secondary N) is 1. The topological polar surface area (TPSA) is 83.0 Å². The first-order chi connectivity index (χ1) is 7.13. The molecule has 0 atom stereocenters. The van der Waals surface area contributed by atoms with Crippen LogP contribution in [0.15, 0.2) is 32.9 Å². The summed E-state index contributed by atoms with van der Waals surface area (Å²) in [5, 5.41) is 15.1. The van der Waals surface area contributed by atoms with Gasteiger partial charge in [-0.05, 0) is 33.6 Å². The maximum atomic E-state index is 13.0. The van der Waals surface area contributed by atoms with Gasteiger partial charge in [0, 0.05) is 0 Å². The number of nitrogens with two attached hydrogens (primary N) is 1. The lowest BCUT2D eigenvalue weighted by molar-refractivity contribution is 0.232. The number of guanidine groups is 1. The van der Waals surface area contributed by atoms with Gasteiger partial charge in [-0.1, -0.05) is 6.07 Å². The SMILES string of the molecule is N/C(=N\N=C\c1ccc(Br)c(F)c1)NO. The van der Waals surface area contributed by atoms with E-state index in [1.807, 2.05) is 0 Å². The Morgan fingerprint density at radius 3 is 2.93 bits per heavy atom. The second-order valence-corrected chi connectivity index (χ2v) is 3.37. The molecule has 0 heterocycles. The van der Waals surface area contributed by atoms with Gasteiger partial charge in [-0.2, -0.15) is 5.10 Å². The molecule has 1 aromatic carbocycles. The molecule has 5 nitrogen and oxygen atoms in total. The molecule has 0 amide bonds. The first-order valence-corrected chi connectivity index (χ1v) is 4.64. The molecule has 0 bridgehead atoms. The monoisotopic (exact) mass is 274 g/mol. The van der Waals surface area contributed by atoms with Crippen LogP contribution in [0, 0.1) is 5.82 Å². The third kappa shape index (κ3) is 3.64. The predicted molar refractivity (Wildman–Crippen MR) is 58.2 cm³/mol. The Hall–Kier alpha value is -1.47. The maximum absolute atomic E-state index is 13.0. The van der Waals surface area contributed by atoms with E-state index in [1.54, 1.807) is 17.6 Å². The number of rotatable bonds is 2. The van der Waals surface area contributed by atoms with Crippen LogP contribution in [-0.2, 0) is 0 Å². The summed E-state index contributed by atoms with van der Waals surface area (Å²) in [6.45, 7) is 0. The van der Waals surface area contributed by atoms with Crippen LogP contribution < -0.4 is 11.2 Å². The lowest BCUT2D eigenvalue weighted by Gasteiger charge is -1.95. The van der Waals surface area contributed by atoms with Gasteiger partial charge < -0.3 is 5.73 Å². The normalized spacial score (nSPS) is 12.1. The molecule has 0 aromatic heterocycles. The zero-order chi connectivity index (χ0) is 11.3. The van der Waals surface area contributed by atoms with Gasteiger partial charge >= 0.3 is 0 Å². The molecule has 15 heavy (non-hydrogen) atoms. The van der Waals surface area contributed by atoms with Crippen LogP contribution in [0.5, 0.6) is 0 Å². The van der Waals surface area contributed by atoms with E-state index in [2.05, 4.69) is 26.1 Å². The molecule has 0 aliphatic heterocycles. The van der Waals surface area contributed by atoms with Gasteiger partial charge in [-0.3, -0.25) is 5.21 Å². The van der Waals surface area contributed by atoms with Gasteiger partial charge in [0.05, 0.1) is 10.7 Å². The summed E-state index contributed by atoms with van der Waals surface area (Å²) in [5.41, 5.74) is 7.22. The number of hydrogen-bond donors (Lipinski definition) is 3. The Kier molecular flexibility index (Phi) is 4.19. The lowest BCUT2D eigenvalue weighted by atomic mass is 10.2. The van der Waals surface area contributed by atoms with E-state index >= 15 is 0 Å². The maximum Gasteiger partial charge on any atom is 0.237 e. The minimum atomic E-state index is -0.392. The van der Waals surface area contributed by atoms with Gasteiger partial charge in [-0.25, -0.2) is 9.87 Å². The fraction of sp³-hybridized carbons (Fsp3) is 0. The van der Waals surface area contributed by atoms with Crippen molar-refractivity contribution < 1.29 is 9.60 Å². The van der Waals surface area contributed by atoms with Crippen molar-refractivity contribution in [1.29, 1.82) is 0 Å². The van der Waals surface area contributed by atoms with Gasteiger partial charge in [0.25, 0.3) is 0 Å². The minimum absolute atomic E-state index is 0.246. The molecule has 0 unspecified atom stereocenters. The lowest BCUT2D eigenvalue weighted by Crippen LogP contribution is -2.27. The highest BCUT2D eigenvalue weighted by Gasteiger charge is 1.97. The van der Waals surface area contributed by atoms with E-state index in [1.165, 1.54) is 12.3 Å². The molecule has 0 radical (unpaired) electrons. The third-order valence-corrected chi connectivity index (χ3v) is 2.07. The van der Waals surface area contributed by atoms with Crippen molar-refractivity contribution in [1.82, 2.24) is 5.48 Å². The standard InChI is InChI=1S/C8H8BrFN4O/c9-6-2-1-5(3-7(6)10)4-12-13-8(11)14-15/h1-4,15H,(H3,11,13,14)/b12-4+. The fourth-order valence-electron chi connectivity index (χ4n) is 0.773. The number of hydroxylamine groups is 1. The van der Waals surface area contributed by atoms with Crippen molar-refractivity contribution in [3.05, 3.63) is 34.1 Å². The molecule has 0 saturated heterocycles. The predicted octanol–water partition coefficient (Wildman–Crippen LogP) is 1.22. The molecule has 7 heteroatoms. The van der Waals surface area contributed by atoms with E-state index in [0.717, 1.165) is 0 Å². The summed E-state index contributed by atoms with van der Waals surface area (Å²) in [6, 6.07) is 4.48. The molecule has 0 fully saturated rings. The van der Waals surface area contributed by atoms with E-state index in [9.17, 15) is 4.39 Å². The van der Waals surface area contributed by atoms with Crippen LogP contribution in [0.3, 0.4) is 0 Å². The van der Waals surface area contributed by atoms with Crippen LogP contribution in [-0.4, -0.2) is 17.4 Å². The average molecular weight is 275 g/mol. The van der Waals surface area contributed by atoms with Gasteiger partial charge in [0.1, 0.15) is 5.82 Å². The molecular weight excluding hydrogens is 267 g/mol. The average Bonchev–Trinajstić information content (AvgIpc) is 2.23. The summed E-state index contributed by atoms with van der Waals surface area (Å²) in [6.07, 6.45) is 1.31. The molecule has 4 N–H and O–H groups in total. The Morgan fingerprint density at radius 2 is 2.33 bits per heavy atom. The summed E-state index contributed by atoms with van der Waals surface area (Å²) >= 11 is 3.02. The first-order valence-electron chi connectivity index (χ1n) is 3.85. The Balaban J connectivity index is 2.77. The molecule has 0 saturated carbocycles. The summed E-state index contributed by atoms with van der Waals surface area (Å²) in [7, 11) is 0. The Bertz CT molecular complexity index is 408. The quantitative estimate of drug-likeness (QED) is 0.431. The number of halogens is 2. The second kappa shape index (κ2) is 5.42. The van der Waals surface area contributed by atoms with Crippen molar-refractivity contribution in [2.45, 2.75) is 0 Å². The highest BCUT2D eigenvalue weighted by atomic mass is 79.9. The molecule has 80 valence electrons. The Morgan fingerprint density at radius 1 is 1.60 bits per heavy atom. The number of nitrogens with zero attached hydrogens (tertiary/aromatic N) is 2. The van der Waals surface area contributed by atoms with Crippen LogP contribution in [0.25, 0.3) is 0 Å². The van der Waals surface area contributed by atoms with Gasteiger partial charge in [-0.15, -0.1) is 5.10 Å². The third-order valence-electron chi connectivity index (χ3n) is 1.43. The van der Waals surface area contributed by atoms with Crippen LogP contribution in [0.1, 0.15) is 5.56 Å². The summed E-state index contributed by atoms with van der Waals surface area (Å²) in [5.74, 6) is -0.639. The minimum Gasteiger partial charge on any atom is -0.367 e. The van der Waals surface area contributed by atoms with E-state index in [0.29, 0.717) is 10.0 Å². The fourth-order valence-corrected chi connectivity index (χ4v) is 1.02. The molecule has 0 aliphatic rings. The van der Waals surface area contributed by atoms with Crippen molar-refractivity contribution in [3.8, 4) is 0 Å². The van der Waals surface area contributed by atoms with Crippen molar-refractivity contribution in [2.75, 3.05) is 0 Å². The van der Waals surface area contributed by atoms with Crippen LogP contribution in [0.4, 0.5) is 4.39 Å². The van der Waals surface area contributed by atoms with Crippen LogP contribution >= 0.6 is 15.9 Å². The second-order valence-electron chi connectivity index (χ2n) is 2.52. The number of hydrogen-bond acceptors (Lipinski definition) is 3. The van der Waals surface area contributed by atoms with E-state index < -0.39 is 5.82 Å². The molecular formula is C8H8BrFN4O. The molecule has 0 spiro atoms. The van der Waals surface area contributed by atoms with E-state index in [4.69, 9.17) is 10.9 Å². The van der Waals surface area contributed by atoms with Crippen molar-refractivity contribution in [3.63, 3.8) is 0 Å². The zero-order valence-corrected chi connectivity index (χ0v) is 9.07. The first kappa shape index (κ1) is 11.6. The number of benzene rings is 1. The smallest absolute Gasteiger partial charge is 0.237 e. The molecule has 1 aromatic rings. The van der Waals surface area contributed by atoms with Crippen molar-refractivity contribution >= 4 is 28.1 Å². The van der Waals surface area contributed by atoms with E-state index in [-0.39, 0.29) is 5.96 Å². The molecule has 1 rings (SSSR count). The molecule has 0 aliphatic carbocycles. The summed E-state index contributed by atoms with van der Waals surface area (Å²) in [4.78, 5) is 0.